The van der Waals surface area contributed by atoms with Gasteiger partial charge in [-0.2, -0.15) is 0 Å². The number of carboxylic acid groups (broad SMARTS) is 1. The Bertz CT molecular complexity index is 599. The first kappa shape index (κ1) is 15.0. The number of carbonyl (C=O) groups is 2. The molecule has 2 rings (SSSR count). The Morgan fingerprint density at radius 3 is 2.62 bits per heavy atom. The summed E-state index contributed by atoms with van der Waals surface area (Å²) in [6, 6.07) is 4.02. The van der Waals surface area contributed by atoms with Gasteiger partial charge in [0.05, 0.1) is 10.8 Å². The van der Waals surface area contributed by atoms with Crippen LogP contribution in [0.15, 0.2) is 18.2 Å². The largest absolute Gasteiger partial charge is 0.481 e. The Morgan fingerprint density at radius 2 is 2.10 bits per heavy atom. The van der Waals surface area contributed by atoms with Crippen molar-refractivity contribution in [2.24, 2.45) is 5.92 Å². The Kier molecular flexibility index (Phi) is 4.21. The molecule has 112 valence electrons. The predicted molar refractivity (Wildman–Crippen MR) is 74.1 cm³/mol. The van der Waals surface area contributed by atoms with E-state index in [0.29, 0.717) is 30.4 Å². The van der Waals surface area contributed by atoms with Gasteiger partial charge >= 0.3 is 5.97 Å². The van der Waals surface area contributed by atoms with Crippen LogP contribution in [0.3, 0.4) is 0 Å². The third-order valence-corrected chi connectivity index (χ3v) is 3.77. The summed E-state index contributed by atoms with van der Waals surface area (Å²) in [4.78, 5) is 33.2. The van der Waals surface area contributed by atoms with E-state index >= 15 is 0 Å². The van der Waals surface area contributed by atoms with Gasteiger partial charge in [-0.1, -0.05) is 0 Å². The molecule has 0 aromatic heterocycles. The Balaban J connectivity index is 2.03. The quantitative estimate of drug-likeness (QED) is 0.650. The summed E-state index contributed by atoms with van der Waals surface area (Å²) < 4.78 is 0. The maximum absolute atomic E-state index is 12.1. The number of nitro benzene ring substituents is 1. The fraction of sp³-hybridized carbons (Fsp3) is 0.429. The third kappa shape index (κ3) is 3.36. The van der Waals surface area contributed by atoms with Crippen molar-refractivity contribution in [3.63, 3.8) is 0 Å². The highest BCUT2D eigenvalue weighted by Crippen LogP contribution is 2.26. The molecule has 1 aromatic carbocycles. The first-order valence-electron chi connectivity index (χ1n) is 6.67. The summed E-state index contributed by atoms with van der Waals surface area (Å²) in [5.41, 5.74) is 0.734. The number of carboxylic acids is 1. The lowest BCUT2D eigenvalue weighted by atomic mass is 10.1. The minimum absolute atomic E-state index is 0.0293. The molecule has 0 unspecified atom stereocenters. The summed E-state index contributed by atoms with van der Waals surface area (Å²) in [5.74, 6) is -1.57. The molecular formula is C14H16N2O5. The highest BCUT2D eigenvalue weighted by molar-refractivity contribution is 5.95. The van der Waals surface area contributed by atoms with Crippen molar-refractivity contribution in [2.45, 2.75) is 32.2 Å². The highest BCUT2D eigenvalue weighted by Gasteiger charge is 2.30. The van der Waals surface area contributed by atoms with E-state index in [1.165, 1.54) is 18.2 Å². The van der Waals surface area contributed by atoms with Gasteiger partial charge in [-0.3, -0.25) is 19.7 Å². The highest BCUT2D eigenvalue weighted by atomic mass is 16.6. The zero-order valence-corrected chi connectivity index (χ0v) is 11.5. The molecular weight excluding hydrogens is 276 g/mol. The number of hydrogen-bond acceptors (Lipinski definition) is 4. The van der Waals surface area contributed by atoms with Gasteiger partial charge in [0.15, 0.2) is 0 Å². The van der Waals surface area contributed by atoms with Crippen molar-refractivity contribution >= 4 is 17.6 Å². The van der Waals surface area contributed by atoms with Crippen LogP contribution in [0.5, 0.6) is 0 Å². The SMILES string of the molecule is Cc1cc(C(=O)N[C@H]2CC[C@@H](C(=O)O)C2)ccc1[N+](=O)[O-]. The number of nitrogens with zero attached hydrogens (tertiary/aromatic N) is 1. The molecule has 0 radical (unpaired) electrons. The first-order chi connectivity index (χ1) is 9.88. The van der Waals surface area contributed by atoms with Gasteiger partial charge in [0.1, 0.15) is 0 Å². The van der Waals surface area contributed by atoms with E-state index in [9.17, 15) is 19.7 Å². The van der Waals surface area contributed by atoms with Crippen LogP contribution in [0.25, 0.3) is 0 Å². The zero-order chi connectivity index (χ0) is 15.6. The summed E-state index contributed by atoms with van der Waals surface area (Å²) >= 11 is 0. The van der Waals surface area contributed by atoms with Crippen molar-refractivity contribution in [2.75, 3.05) is 0 Å². The molecule has 0 aliphatic heterocycles. The van der Waals surface area contributed by atoms with Crippen molar-refractivity contribution in [3.05, 3.63) is 39.4 Å². The van der Waals surface area contributed by atoms with E-state index in [0.717, 1.165) is 0 Å². The second-order valence-corrected chi connectivity index (χ2v) is 5.28. The van der Waals surface area contributed by atoms with Gasteiger partial charge < -0.3 is 10.4 Å². The van der Waals surface area contributed by atoms with E-state index < -0.39 is 16.8 Å². The number of aliphatic carboxylic acids is 1. The van der Waals surface area contributed by atoms with Gasteiger partial charge in [-0.05, 0) is 38.3 Å². The lowest BCUT2D eigenvalue weighted by Gasteiger charge is -2.12. The molecule has 1 fully saturated rings. The molecule has 0 saturated heterocycles. The Labute approximate surface area is 121 Å². The van der Waals surface area contributed by atoms with Crippen LogP contribution >= 0.6 is 0 Å². The van der Waals surface area contributed by atoms with Crippen LogP contribution < -0.4 is 5.32 Å². The second kappa shape index (κ2) is 5.90. The number of amides is 1. The summed E-state index contributed by atoms with van der Waals surface area (Å²) in [5, 5.41) is 22.4. The van der Waals surface area contributed by atoms with Gasteiger partial charge in [0.2, 0.25) is 0 Å². The van der Waals surface area contributed by atoms with Crippen LogP contribution in [-0.4, -0.2) is 27.9 Å². The van der Waals surface area contributed by atoms with Crippen molar-refractivity contribution in [1.82, 2.24) is 5.32 Å². The zero-order valence-electron chi connectivity index (χ0n) is 11.5. The molecule has 1 aliphatic carbocycles. The van der Waals surface area contributed by atoms with Crippen molar-refractivity contribution in [3.8, 4) is 0 Å². The number of carbonyl (C=O) groups excluding carboxylic acids is 1. The molecule has 2 N–H and O–H groups in total. The fourth-order valence-corrected chi connectivity index (χ4v) is 2.61. The Morgan fingerprint density at radius 1 is 1.38 bits per heavy atom. The molecule has 1 aliphatic rings. The monoisotopic (exact) mass is 292 g/mol. The normalized spacial score (nSPS) is 21.0. The molecule has 0 bridgehead atoms. The second-order valence-electron chi connectivity index (χ2n) is 5.28. The molecule has 7 heteroatoms. The van der Waals surface area contributed by atoms with Gasteiger partial charge in [0, 0.05) is 23.2 Å². The first-order valence-corrected chi connectivity index (χ1v) is 6.67. The van der Waals surface area contributed by atoms with Crippen LogP contribution in [0.1, 0.15) is 35.2 Å². The van der Waals surface area contributed by atoms with E-state index in [1.807, 2.05) is 0 Å². The number of nitrogens with one attached hydrogen (secondary N) is 1. The average Bonchev–Trinajstić information content (AvgIpc) is 2.86. The molecule has 1 saturated carbocycles. The standard InChI is InChI=1S/C14H16N2O5/c1-8-6-9(3-5-12(8)16(20)21)13(17)15-11-4-2-10(7-11)14(18)19/h3,5-6,10-11H,2,4,7H2,1H3,(H,15,17)(H,18,19)/t10-,11+/m1/s1. The van der Waals surface area contributed by atoms with Gasteiger partial charge in [-0.15, -0.1) is 0 Å². The number of rotatable bonds is 4. The molecule has 2 atom stereocenters. The average molecular weight is 292 g/mol. The number of benzene rings is 1. The van der Waals surface area contributed by atoms with Crippen LogP contribution in [0, 0.1) is 23.0 Å². The van der Waals surface area contributed by atoms with Crippen LogP contribution in [0.4, 0.5) is 5.69 Å². The molecule has 21 heavy (non-hydrogen) atoms. The van der Waals surface area contributed by atoms with Crippen molar-refractivity contribution in [1.29, 1.82) is 0 Å². The van der Waals surface area contributed by atoms with E-state index in [-0.39, 0.29) is 17.6 Å². The lowest BCUT2D eigenvalue weighted by molar-refractivity contribution is -0.385. The maximum atomic E-state index is 12.1. The topological polar surface area (TPSA) is 110 Å². The molecule has 0 heterocycles. The van der Waals surface area contributed by atoms with E-state index in [1.54, 1.807) is 6.92 Å². The van der Waals surface area contributed by atoms with E-state index in [2.05, 4.69) is 5.32 Å². The summed E-state index contributed by atoms with van der Waals surface area (Å²) in [6.45, 7) is 1.57. The number of aryl methyl sites for hydroxylation is 1. The van der Waals surface area contributed by atoms with Gasteiger partial charge in [0.25, 0.3) is 11.6 Å². The number of hydrogen-bond donors (Lipinski definition) is 2. The minimum atomic E-state index is -0.835. The predicted octanol–water partition coefficient (Wildman–Crippen LogP) is 1.89. The fourth-order valence-electron chi connectivity index (χ4n) is 2.61. The molecule has 1 aromatic rings. The van der Waals surface area contributed by atoms with Crippen LogP contribution in [-0.2, 0) is 4.79 Å². The van der Waals surface area contributed by atoms with Gasteiger partial charge in [-0.25, -0.2) is 0 Å². The Hall–Kier alpha value is -2.44. The van der Waals surface area contributed by atoms with Crippen LogP contribution in [0.2, 0.25) is 0 Å². The summed E-state index contributed by atoms with van der Waals surface area (Å²) in [7, 11) is 0. The van der Waals surface area contributed by atoms with E-state index in [4.69, 9.17) is 5.11 Å². The maximum Gasteiger partial charge on any atom is 0.306 e. The smallest absolute Gasteiger partial charge is 0.306 e. The molecule has 0 spiro atoms. The lowest BCUT2D eigenvalue weighted by Crippen LogP contribution is -2.33. The minimum Gasteiger partial charge on any atom is -0.481 e. The number of nitro groups is 1. The van der Waals surface area contributed by atoms with Crippen molar-refractivity contribution < 1.29 is 19.6 Å². The summed E-state index contributed by atoms with van der Waals surface area (Å²) in [6.07, 6.45) is 1.61. The molecule has 1 amide bonds. The molecule has 7 nitrogen and oxygen atoms in total. The third-order valence-electron chi connectivity index (χ3n) is 3.77.